The summed E-state index contributed by atoms with van der Waals surface area (Å²) in [5.41, 5.74) is 2.97. The van der Waals surface area contributed by atoms with Crippen LogP contribution < -0.4 is 10.2 Å². The van der Waals surface area contributed by atoms with Crippen LogP contribution in [0, 0.1) is 10.1 Å². The number of anilines is 1. The lowest BCUT2D eigenvalue weighted by molar-refractivity contribution is -0.382. The van der Waals surface area contributed by atoms with Crippen molar-refractivity contribution in [2.75, 3.05) is 25.0 Å². The first kappa shape index (κ1) is 14.2. The molecule has 1 saturated heterocycles. The molecule has 21 heavy (non-hydrogen) atoms. The van der Waals surface area contributed by atoms with Gasteiger partial charge in [-0.25, -0.2) is 4.98 Å². The average molecular weight is 306 g/mol. The van der Waals surface area contributed by atoms with Crippen LogP contribution in [0.1, 0.15) is 19.3 Å². The Morgan fingerprint density at radius 1 is 1.43 bits per heavy atom. The quantitative estimate of drug-likeness (QED) is 0.697. The first-order valence-electron chi connectivity index (χ1n) is 7.12. The van der Waals surface area contributed by atoms with Gasteiger partial charge in [-0.05, 0) is 44.5 Å². The molecule has 0 spiro atoms. The summed E-state index contributed by atoms with van der Waals surface area (Å²) >= 11 is 1.43. The van der Waals surface area contributed by atoms with Crippen molar-refractivity contribution in [3.63, 3.8) is 0 Å². The molecular formula is C14H18N4O2S. The lowest BCUT2D eigenvalue weighted by atomic mass is 10.1. The summed E-state index contributed by atoms with van der Waals surface area (Å²) in [6.45, 7) is 1.99. The zero-order valence-corrected chi connectivity index (χ0v) is 12.7. The van der Waals surface area contributed by atoms with Gasteiger partial charge in [0.25, 0.3) is 0 Å². The van der Waals surface area contributed by atoms with Gasteiger partial charge in [-0.3, -0.25) is 10.1 Å². The normalized spacial score (nSPS) is 19.4. The van der Waals surface area contributed by atoms with Crippen molar-refractivity contribution in [1.82, 2.24) is 10.3 Å². The summed E-state index contributed by atoms with van der Waals surface area (Å²) in [6.07, 6.45) is 3.15. The molecule has 1 atom stereocenters. The summed E-state index contributed by atoms with van der Waals surface area (Å²) in [5.74, 6) is 0. The summed E-state index contributed by atoms with van der Waals surface area (Å²) in [5, 5.41) is 14.9. The Morgan fingerprint density at radius 3 is 3.10 bits per heavy atom. The van der Waals surface area contributed by atoms with E-state index >= 15 is 0 Å². The Morgan fingerprint density at radius 2 is 2.29 bits per heavy atom. The largest absolute Gasteiger partial charge is 0.366 e. The molecule has 1 aromatic carbocycles. The zero-order valence-electron chi connectivity index (χ0n) is 11.9. The second kappa shape index (κ2) is 5.95. The maximum absolute atomic E-state index is 11.5. The molecule has 1 aromatic heterocycles. The topological polar surface area (TPSA) is 71.3 Å². The molecule has 6 nitrogen and oxygen atoms in total. The number of benzene rings is 1. The SMILES string of the molecule is CN(c1ccc2scnc2c1[N+](=O)[O-])C1CCCNCC1. The Bertz CT molecular complexity index is 649. The van der Waals surface area contributed by atoms with Gasteiger partial charge in [0.05, 0.1) is 15.1 Å². The molecule has 1 aliphatic rings. The Balaban J connectivity index is 2.01. The predicted molar refractivity (Wildman–Crippen MR) is 85.2 cm³/mol. The lowest BCUT2D eigenvalue weighted by Gasteiger charge is -2.28. The summed E-state index contributed by atoms with van der Waals surface area (Å²) in [7, 11) is 1.95. The van der Waals surface area contributed by atoms with Gasteiger partial charge >= 0.3 is 5.69 Å². The van der Waals surface area contributed by atoms with E-state index < -0.39 is 0 Å². The highest BCUT2D eigenvalue weighted by Crippen LogP contribution is 2.37. The molecule has 0 saturated carbocycles. The fraction of sp³-hybridized carbons (Fsp3) is 0.500. The van der Waals surface area contributed by atoms with Crippen molar-refractivity contribution in [2.24, 2.45) is 0 Å². The van der Waals surface area contributed by atoms with E-state index in [0.29, 0.717) is 17.2 Å². The minimum atomic E-state index is -0.303. The van der Waals surface area contributed by atoms with E-state index in [1.54, 1.807) is 5.51 Å². The third kappa shape index (κ3) is 2.71. The minimum absolute atomic E-state index is 0.133. The summed E-state index contributed by atoms with van der Waals surface area (Å²) in [4.78, 5) is 17.5. The van der Waals surface area contributed by atoms with E-state index in [1.165, 1.54) is 11.3 Å². The summed E-state index contributed by atoms with van der Waals surface area (Å²) < 4.78 is 0.862. The van der Waals surface area contributed by atoms with Gasteiger partial charge in [-0.2, -0.15) is 0 Å². The number of nitro benzene ring substituents is 1. The third-order valence-electron chi connectivity index (χ3n) is 4.11. The first-order valence-corrected chi connectivity index (χ1v) is 8.00. The van der Waals surface area contributed by atoms with Crippen molar-refractivity contribution in [2.45, 2.75) is 25.3 Å². The van der Waals surface area contributed by atoms with Crippen LogP contribution in [0.4, 0.5) is 11.4 Å². The molecular weight excluding hydrogens is 288 g/mol. The molecule has 0 amide bonds. The van der Waals surface area contributed by atoms with Crippen LogP contribution in [-0.4, -0.2) is 36.1 Å². The van der Waals surface area contributed by atoms with E-state index in [1.807, 2.05) is 19.2 Å². The monoisotopic (exact) mass is 306 g/mol. The molecule has 0 radical (unpaired) electrons. The van der Waals surface area contributed by atoms with Crippen LogP contribution in [0.5, 0.6) is 0 Å². The van der Waals surface area contributed by atoms with Gasteiger partial charge in [0, 0.05) is 13.1 Å². The minimum Gasteiger partial charge on any atom is -0.366 e. The molecule has 1 fully saturated rings. The predicted octanol–water partition coefficient (Wildman–Crippen LogP) is 2.78. The highest BCUT2D eigenvalue weighted by atomic mass is 32.1. The Labute approximate surface area is 126 Å². The molecule has 7 heteroatoms. The highest BCUT2D eigenvalue weighted by molar-refractivity contribution is 7.16. The van der Waals surface area contributed by atoms with Gasteiger partial charge in [0.15, 0.2) is 5.52 Å². The van der Waals surface area contributed by atoms with Crippen LogP contribution in [0.15, 0.2) is 17.6 Å². The van der Waals surface area contributed by atoms with Gasteiger partial charge in [-0.15, -0.1) is 11.3 Å². The number of fused-ring (bicyclic) bond motifs is 1. The number of nitrogens with one attached hydrogen (secondary N) is 1. The van der Waals surface area contributed by atoms with E-state index in [0.717, 1.165) is 37.1 Å². The Kier molecular flexibility index (Phi) is 4.03. The third-order valence-corrected chi connectivity index (χ3v) is 4.90. The number of aromatic nitrogens is 1. The van der Waals surface area contributed by atoms with Crippen molar-refractivity contribution >= 4 is 32.9 Å². The maximum atomic E-state index is 11.5. The van der Waals surface area contributed by atoms with Gasteiger partial charge in [0.1, 0.15) is 5.69 Å². The van der Waals surface area contributed by atoms with Gasteiger partial charge < -0.3 is 10.2 Å². The fourth-order valence-electron chi connectivity index (χ4n) is 2.96. The number of thiazole rings is 1. The molecule has 1 N–H and O–H groups in total. The molecule has 112 valence electrons. The standard InChI is InChI=1S/C14H18N4O2S/c1-17(10-3-2-7-15-8-6-10)11-4-5-12-13(16-9-21-12)14(11)18(19)20/h4-5,9-10,15H,2-3,6-8H2,1H3. The van der Waals surface area contributed by atoms with Crippen molar-refractivity contribution in [1.29, 1.82) is 0 Å². The maximum Gasteiger partial charge on any atom is 0.319 e. The van der Waals surface area contributed by atoms with E-state index in [-0.39, 0.29) is 10.6 Å². The average Bonchev–Trinajstić information content (AvgIpc) is 2.78. The molecule has 3 rings (SSSR count). The van der Waals surface area contributed by atoms with Crippen LogP contribution in [-0.2, 0) is 0 Å². The first-order chi connectivity index (χ1) is 10.2. The molecule has 0 aliphatic carbocycles. The molecule has 1 aliphatic heterocycles. The Hall–Kier alpha value is -1.73. The van der Waals surface area contributed by atoms with E-state index in [4.69, 9.17) is 0 Å². The second-order valence-corrected chi connectivity index (χ2v) is 6.22. The van der Waals surface area contributed by atoms with Crippen LogP contribution in [0.3, 0.4) is 0 Å². The van der Waals surface area contributed by atoms with E-state index in [9.17, 15) is 10.1 Å². The zero-order chi connectivity index (χ0) is 14.8. The molecule has 2 aromatic rings. The van der Waals surface area contributed by atoms with Crippen molar-refractivity contribution in [3.05, 3.63) is 27.8 Å². The number of nitrogens with zero attached hydrogens (tertiary/aromatic N) is 3. The smallest absolute Gasteiger partial charge is 0.319 e. The number of nitro groups is 1. The molecule has 0 bridgehead atoms. The van der Waals surface area contributed by atoms with Crippen LogP contribution in [0.2, 0.25) is 0 Å². The summed E-state index contributed by atoms with van der Waals surface area (Å²) in [6, 6.07) is 4.12. The fourth-order valence-corrected chi connectivity index (χ4v) is 3.63. The van der Waals surface area contributed by atoms with Gasteiger partial charge in [-0.1, -0.05) is 0 Å². The van der Waals surface area contributed by atoms with E-state index in [2.05, 4.69) is 15.2 Å². The van der Waals surface area contributed by atoms with Crippen molar-refractivity contribution in [3.8, 4) is 0 Å². The second-order valence-electron chi connectivity index (χ2n) is 5.34. The highest BCUT2D eigenvalue weighted by Gasteiger charge is 2.27. The lowest BCUT2D eigenvalue weighted by Crippen LogP contribution is -2.32. The number of hydrogen-bond donors (Lipinski definition) is 1. The molecule has 1 unspecified atom stereocenters. The van der Waals surface area contributed by atoms with Crippen LogP contribution in [0.25, 0.3) is 10.2 Å². The van der Waals surface area contributed by atoms with Crippen LogP contribution >= 0.6 is 11.3 Å². The number of rotatable bonds is 3. The van der Waals surface area contributed by atoms with Gasteiger partial charge in [0.2, 0.25) is 0 Å². The number of hydrogen-bond acceptors (Lipinski definition) is 6. The van der Waals surface area contributed by atoms with Crippen molar-refractivity contribution < 1.29 is 4.92 Å². The molecule has 2 heterocycles.